The molecule has 180 valence electrons. The molecule has 1 atom stereocenters. The van der Waals surface area contributed by atoms with Crippen molar-refractivity contribution in [1.82, 2.24) is 19.8 Å². The highest BCUT2D eigenvalue weighted by Gasteiger charge is 2.39. The molecule has 1 aliphatic carbocycles. The van der Waals surface area contributed by atoms with E-state index in [0.717, 1.165) is 60.6 Å². The molecule has 2 fully saturated rings. The molecule has 35 heavy (non-hydrogen) atoms. The quantitative estimate of drug-likeness (QED) is 0.599. The van der Waals surface area contributed by atoms with E-state index in [1.165, 1.54) is 53.9 Å². The smallest absolute Gasteiger partial charge is 0.226 e. The van der Waals surface area contributed by atoms with Crippen molar-refractivity contribution in [3.05, 3.63) is 46.1 Å². The molecule has 8 heteroatoms. The van der Waals surface area contributed by atoms with Crippen molar-refractivity contribution in [2.75, 3.05) is 31.5 Å². The number of aromatic nitrogens is 2. The summed E-state index contributed by atoms with van der Waals surface area (Å²) in [7, 11) is 0. The second kappa shape index (κ2) is 8.68. The van der Waals surface area contributed by atoms with Crippen LogP contribution in [0.3, 0.4) is 0 Å². The van der Waals surface area contributed by atoms with E-state index in [0.29, 0.717) is 11.9 Å². The van der Waals surface area contributed by atoms with E-state index < -0.39 is 0 Å². The molecule has 1 amide bonds. The van der Waals surface area contributed by atoms with Gasteiger partial charge in [0.05, 0.1) is 11.9 Å². The summed E-state index contributed by atoms with van der Waals surface area (Å²) >= 11 is 1.74. The Morgan fingerprint density at radius 2 is 2.00 bits per heavy atom. The summed E-state index contributed by atoms with van der Waals surface area (Å²) in [5, 5.41) is 4.66. The van der Waals surface area contributed by atoms with Crippen molar-refractivity contribution >= 4 is 45.2 Å². The lowest BCUT2D eigenvalue weighted by Gasteiger charge is -2.47. The number of aliphatic imine (C=N–C) groups is 1. The number of carbonyl (C=O) groups excluding carboxylic acids is 1. The normalized spacial score (nSPS) is 22.2. The van der Waals surface area contributed by atoms with Crippen molar-refractivity contribution in [3.8, 4) is 0 Å². The average Bonchev–Trinajstić information content (AvgIpc) is 3.47. The molecule has 0 spiro atoms. The van der Waals surface area contributed by atoms with Gasteiger partial charge in [-0.05, 0) is 74.0 Å². The number of hydrogen-bond donors (Lipinski definition) is 1. The van der Waals surface area contributed by atoms with Crippen LogP contribution in [-0.4, -0.2) is 64.1 Å². The summed E-state index contributed by atoms with van der Waals surface area (Å²) < 4.78 is 0. The first-order chi connectivity index (χ1) is 17.2. The monoisotopic (exact) mass is 486 g/mol. The molecule has 0 radical (unpaired) electrons. The van der Waals surface area contributed by atoms with Crippen LogP contribution in [0, 0.1) is 5.92 Å². The third-order valence-electron chi connectivity index (χ3n) is 8.18. The molecule has 1 aromatic carbocycles. The van der Waals surface area contributed by atoms with Gasteiger partial charge in [0.15, 0.2) is 0 Å². The number of aryl methyl sites for hydroxylation is 1. The molecule has 0 bridgehead atoms. The van der Waals surface area contributed by atoms with Crippen LogP contribution < -0.4 is 5.32 Å². The number of amides is 1. The second-order valence-electron chi connectivity index (χ2n) is 10.3. The molecular formula is C27H30N6OS. The highest BCUT2D eigenvalue weighted by molar-refractivity contribution is 7.19. The SMILES string of the molecule is O=C(C1CCc2c(sc3ncnc(Nc4ccc5c(c4)C=NC5)c23)C1)N1CC(N2CCCCC2)C1. The highest BCUT2D eigenvalue weighted by Crippen LogP contribution is 2.41. The van der Waals surface area contributed by atoms with E-state index >= 15 is 0 Å². The van der Waals surface area contributed by atoms with E-state index in [4.69, 9.17) is 0 Å². The van der Waals surface area contributed by atoms with Gasteiger partial charge in [-0.25, -0.2) is 9.97 Å². The van der Waals surface area contributed by atoms with E-state index in [1.54, 1.807) is 17.7 Å². The van der Waals surface area contributed by atoms with Crippen molar-refractivity contribution in [2.45, 2.75) is 51.1 Å². The number of hydrogen-bond acceptors (Lipinski definition) is 7. The lowest BCUT2D eigenvalue weighted by Crippen LogP contribution is -2.63. The van der Waals surface area contributed by atoms with Crippen LogP contribution in [0.1, 0.15) is 47.3 Å². The van der Waals surface area contributed by atoms with E-state index in [-0.39, 0.29) is 5.92 Å². The molecule has 3 aliphatic heterocycles. The Labute approximate surface area is 209 Å². The van der Waals surface area contributed by atoms with Crippen LogP contribution in [0.25, 0.3) is 10.2 Å². The van der Waals surface area contributed by atoms with Gasteiger partial charge in [0.2, 0.25) is 5.91 Å². The van der Waals surface area contributed by atoms with Crippen LogP contribution in [0.15, 0.2) is 29.5 Å². The average molecular weight is 487 g/mol. The molecule has 1 N–H and O–H groups in total. The fraction of sp³-hybridized carbons (Fsp3) is 0.481. The lowest BCUT2D eigenvalue weighted by atomic mass is 9.86. The minimum absolute atomic E-state index is 0.0956. The number of carbonyl (C=O) groups is 1. The van der Waals surface area contributed by atoms with Crippen molar-refractivity contribution in [1.29, 1.82) is 0 Å². The number of benzene rings is 1. The van der Waals surface area contributed by atoms with Gasteiger partial charge in [-0.15, -0.1) is 11.3 Å². The molecule has 7 nitrogen and oxygen atoms in total. The third kappa shape index (κ3) is 3.83. The third-order valence-corrected chi connectivity index (χ3v) is 9.34. The Kier molecular flexibility index (Phi) is 5.31. The van der Waals surface area contributed by atoms with Crippen LogP contribution in [0.5, 0.6) is 0 Å². The number of nitrogens with one attached hydrogen (secondary N) is 1. The molecule has 1 unspecified atom stereocenters. The molecule has 2 saturated heterocycles. The topological polar surface area (TPSA) is 73.7 Å². The van der Waals surface area contributed by atoms with E-state index in [1.807, 2.05) is 6.21 Å². The number of fused-ring (bicyclic) bond motifs is 4. The Balaban J connectivity index is 1.07. The van der Waals surface area contributed by atoms with Gasteiger partial charge in [0.25, 0.3) is 0 Å². The number of rotatable bonds is 4. The van der Waals surface area contributed by atoms with Gasteiger partial charge in [-0.1, -0.05) is 12.5 Å². The molecule has 7 rings (SSSR count). The molecule has 5 heterocycles. The standard InChI is InChI=1S/C27H30N6OS/c34-27(33-14-21(15-33)32-8-2-1-3-9-32)17-5-7-22-23(11-17)35-26-24(22)25(29-16-30-26)31-20-6-4-18-12-28-13-19(18)10-20/h4,6,10,13,16-17,21H,1-3,5,7-9,11-12,14-15H2,(H,29,30,31). The molecular weight excluding hydrogens is 456 g/mol. The van der Waals surface area contributed by atoms with Crippen LogP contribution in [0.4, 0.5) is 11.5 Å². The Hall–Kier alpha value is -2.84. The van der Waals surface area contributed by atoms with Gasteiger partial charge in [-0.2, -0.15) is 0 Å². The van der Waals surface area contributed by atoms with Crippen molar-refractivity contribution in [3.63, 3.8) is 0 Å². The minimum atomic E-state index is 0.0956. The Bertz CT molecular complexity index is 1320. The van der Waals surface area contributed by atoms with Crippen molar-refractivity contribution < 1.29 is 4.79 Å². The number of thiophene rings is 1. The predicted octanol–water partition coefficient (Wildman–Crippen LogP) is 4.17. The second-order valence-corrected chi connectivity index (χ2v) is 11.4. The molecule has 4 aliphatic rings. The van der Waals surface area contributed by atoms with E-state index in [9.17, 15) is 4.79 Å². The lowest BCUT2D eigenvalue weighted by molar-refractivity contribution is -0.143. The number of likely N-dealkylation sites (tertiary alicyclic amines) is 2. The number of nitrogens with zero attached hydrogens (tertiary/aromatic N) is 5. The summed E-state index contributed by atoms with van der Waals surface area (Å²) in [4.78, 5) is 33.9. The highest BCUT2D eigenvalue weighted by atomic mass is 32.1. The number of anilines is 2. The maximum atomic E-state index is 13.3. The first kappa shape index (κ1) is 21.4. The number of piperidine rings is 1. The largest absolute Gasteiger partial charge is 0.340 e. The Morgan fingerprint density at radius 1 is 1.11 bits per heavy atom. The molecule has 3 aromatic rings. The zero-order chi connectivity index (χ0) is 23.4. The van der Waals surface area contributed by atoms with Gasteiger partial charge >= 0.3 is 0 Å². The first-order valence-corrected chi connectivity index (χ1v) is 13.7. The van der Waals surface area contributed by atoms with Crippen LogP contribution >= 0.6 is 11.3 Å². The van der Waals surface area contributed by atoms with Crippen LogP contribution in [-0.2, 0) is 24.2 Å². The summed E-state index contributed by atoms with van der Waals surface area (Å²) in [5.41, 5.74) is 4.77. The Morgan fingerprint density at radius 3 is 2.89 bits per heavy atom. The minimum Gasteiger partial charge on any atom is -0.340 e. The maximum Gasteiger partial charge on any atom is 0.226 e. The fourth-order valence-corrected chi connectivity index (χ4v) is 7.41. The molecule has 0 saturated carbocycles. The van der Waals surface area contributed by atoms with E-state index in [2.05, 4.69) is 48.3 Å². The summed E-state index contributed by atoms with van der Waals surface area (Å²) in [6, 6.07) is 6.95. The van der Waals surface area contributed by atoms with Crippen molar-refractivity contribution in [2.24, 2.45) is 10.9 Å². The summed E-state index contributed by atoms with van der Waals surface area (Å²) in [6.45, 7) is 5.01. The first-order valence-electron chi connectivity index (χ1n) is 12.9. The maximum absolute atomic E-state index is 13.3. The summed E-state index contributed by atoms with van der Waals surface area (Å²) in [5.74, 6) is 1.31. The summed E-state index contributed by atoms with van der Waals surface area (Å²) in [6.07, 6.45) is 10.2. The zero-order valence-corrected chi connectivity index (χ0v) is 20.7. The molecule has 2 aromatic heterocycles. The van der Waals surface area contributed by atoms with Gasteiger partial charge < -0.3 is 10.2 Å². The predicted molar refractivity (Wildman–Crippen MR) is 140 cm³/mol. The van der Waals surface area contributed by atoms with Gasteiger partial charge in [-0.3, -0.25) is 14.7 Å². The van der Waals surface area contributed by atoms with Gasteiger partial charge in [0.1, 0.15) is 17.0 Å². The van der Waals surface area contributed by atoms with Gasteiger partial charge in [0, 0.05) is 41.8 Å². The van der Waals surface area contributed by atoms with Crippen LogP contribution in [0.2, 0.25) is 0 Å². The fourth-order valence-electron chi connectivity index (χ4n) is 6.14. The zero-order valence-electron chi connectivity index (χ0n) is 19.9.